The van der Waals surface area contributed by atoms with E-state index in [4.69, 9.17) is 0 Å². The molecule has 2 aromatic rings. The number of sulfonamides is 1. The first kappa shape index (κ1) is 15.9. The van der Waals surface area contributed by atoms with Crippen molar-refractivity contribution in [3.8, 4) is 0 Å². The van der Waals surface area contributed by atoms with Gasteiger partial charge in [-0.3, -0.25) is 4.79 Å². The van der Waals surface area contributed by atoms with E-state index in [0.717, 1.165) is 11.0 Å². The minimum atomic E-state index is -3.24. The predicted molar refractivity (Wildman–Crippen MR) is 87.1 cm³/mol. The van der Waals surface area contributed by atoms with Gasteiger partial charge < -0.3 is 10.3 Å². The minimum Gasteiger partial charge on any atom is -0.349 e. The summed E-state index contributed by atoms with van der Waals surface area (Å²) in [6.07, 6.45) is 2.59. The Morgan fingerprint density at radius 3 is 2.96 bits per heavy atom. The fraction of sp³-hybridized carbons (Fsp3) is 0.467. The van der Waals surface area contributed by atoms with Crippen molar-refractivity contribution in [2.75, 3.05) is 19.3 Å². The molecule has 1 unspecified atom stereocenters. The number of H-pyrrole nitrogens is 1. The number of hydrogen-bond acceptors (Lipinski definition) is 4. The average molecular weight is 336 g/mol. The van der Waals surface area contributed by atoms with Gasteiger partial charge in [-0.15, -0.1) is 0 Å². The van der Waals surface area contributed by atoms with E-state index in [1.165, 1.54) is 10.6 Å². The maximum atomic E-state index is 12.3. The molecule has 3 rings (SSSR count). The third kappa shape index (κ3) is 3.70. The molecule has 0 saturated carbocycles. The normalized spacial score (nSPS) is 19.8. The quantitative estimate of drug-likeness (QED) is 0.865. The van der Waals surface area contributed by atoms with E-state index in [1.54, 1.807) is 0 Å². The highest BCUT2D eigenvalue weighted by Crippen LogP contribution is 2.19. The Morgan fingerprint density at radius 2 is 2.22 bits per heavy atom. The fourth-order valence-corrected chi connectivity index (χ4v) is 3.77. The zero-order valence-corrected chi connectivity index (χ0v) is 13.8. The van der Waals surface area contributed by atoms with E-state index in [9.17, 15) is 13.2 Å². The van der Waals surface area contributed by atoms with Crippen LogP contribution in [0.15, 0.2) is 24.3 Å². The first-order valence-electron chi connectivity index (χ1n) is 7.60. The van der Waals surface area contributed by atoms with Crippen LogP contribution in [-0.4, -0.2) is 47.9 Å². The van der Waals surface area contributed by atoms with Crippen molar-refractivity contribution in [1.82, 2.24) is 19.6 Å². The maximum absolute atomic E-state index is 12.3. The summed E-state index contributed by atoms with van der Waals surface area (Å²) in [5, 5.41) is 2.85. The Kier molecular flexibility index (Phi) is 4.36. The van der Waals surface area contributed by atoms with Crippen LogP contribution in [0.5, 0.6) is 0 Å². The third-order valence-corrected chi connectivity index (χ3v) is 5.36. The lowest BCUT2D eigenvalue weighted by Crippen LogP contribution is -2.44. The highest BCUT2D eigenvalue weighted by molar-refractivity contribution is 7.88. The van der Waals surface area contributed by atoms with Gasteiger partial charge in [0.1, 0.15) is 5.82 Å². The molecule has 2 heterocycles. The zero-order chi connectivity index (χ0) is 16.4. The molecule has 1 atom stereocenters. The van der Waals surface area contributed by atoms with Crippen LogP contribution in [0.25, 0.3) is 11.0 Å². The van der Waals surface area contributed by atoms with Gasteiger partial charge in [0, 0.05) is 13.1 Å². The molecular formula is C15H20N4O3S. The fourth-order valence-electron chi connectivity index (χ4n) is 2.86. The summed E-state index contributed by atoms with van der Waals surface area (Å²) in [6.45, 7) is 1.06. The van der Waals surface area contributed by atoms with E-state index in [1.807, 2.05) is 24.3 Å². The monoisotopic (exact) mass is 336 g/mol. The van der Waals surface area contributed by atoms with Crippen LogP contribution in [0.4, 0.5) is 0 Å². The number of hydrogen-bond donors (Lipinski definition) is 2. The highest BCUT2D eigenvalue weighted by atomic mass is 32.2. The first-order chi connectivity index (χ1) is 10.9. The number of carbonyl (C=O) groups excluding carboxylic acids is 1. The van der Waals surface area contributed by atoms with Crippen molar-refractivity contribution in [3.05, 3.63) is 30.1 Å². The van der Waals surface area contributed by atoms with Gasteiger partial charge in [-0.2, -0.15) is 0 Å². The van der Waals surface area contributed by atoms with Gasteiger partial charge >= 0.3 is 0 Å². The predicted octanol–water partition coefficient (Wildman–Crippen LogP) is 0.851. The summed E-state index contributed by atoms with van der Waals surface area (Å²) < 4.78 is 24.6. The number of piperidine rings is 1. The summed E-state index contributed by atoms with van der Waals surface area (Å²) in [6, 6.07) is 7.67. The Balaban J connectivity index is 1.60. The van der Waals surface area contributed by atoms with Crippen molar-refractivity contribution in [1.29, 1.82) is 0 Å². The van der Waals surface area contributed by atoms with Crippen LogP contribution in [0.3, 0.4) is 0 Å². The smallest absolute Gasteiger partial charge is 0.224 e. The SMILES string of the molecule is CS(=O)(=O)N1CCCC(C(=O)NCc2nc3ccccc3[nH]2)C1. The molecule has 1 aliphatic rings. The van der Waals surface area contributed by atoms with Crippen LogP contribution < -0.4 is 5.32 Å². The number of para-hydroxylation sites is 2. The van der Waals surface area contributed by atoms with E-state index in [0.29, 0.717) is 31.8 Å². The second-order valence-electron chi connectivity index (χ2n) is 5.88. The Hall–Kier alpha value is -1.93. The van der Waals surface area contributed by atoms with Crippen LogP contribution in [0, 0.1) is 5.92 Å². The van der Waals surface area contributed by atoms with E-state index < -0.39 is 10.0 Å². The number of nitrogens with one attached hydrogen (secondary N) is 2. The van der Waals surface area contributed by atoms with Crippen molar-refractivity contribution >= 4 is 27.0 Å². The lowest BCUT2D eigenvalue weighted by atomic mass is 9.99. The van der Waals surface area contributed by atoms with Gasteiger partial charge in [-0.25, -0.2) is 17.7 Å². The van der Waals surface area contributed by atoms with Gasteiger partial charge in [0.15, 0.2) is 0 Å². The second kappa shape index (κ2) is 6.29. The summed E-state index contributed by atoms with van der Waals surface area (Å²) in [5.41, 5.74) is 1.79. The van der Waals surface area contributed by atoms with Gasteiger partial charge in [0.05, 0.1) is 29.8 Å². The third-order valence-electron chi connectivity index (χ3n) is 4.09. The number of nitrogens with zero attached hydrogens (tertiary/aromatic N) is 2. The highest BCUT2D eigenvalue weighted by Gasteiger charge is 2.30. The number of fused-ring (bicyclic) bond motifs is 1. The molecule has 1 aliphatic heterocycles. The van der Waals surface area contributed by atoms with Gasteiger partial charge in [0.25, 0.3) is 0 Å². The summed E-state index contributed by atoms with van der Waals surface area (Å²) >= 11 is 0. The number of imidazole rings is 1. The standard InChI is InChI=1S/C15H20N4O3S/c1-23(21,22)19-8-4-5-11(10-19)15(20)16-9-14-17-12-6-2-3-7-13(12)18-14/h2-3,6-7,11H,4-5,8-10H2,1H3,(H,16,20)(H,17,18). The van der Waals surface area contributed by atoms with Crippen LogP contribution in [0.2, 0.25) is 0 Å². The molecule has 1 amide bonds. The van der Waals surface area contributed by atoms with Crippen molar-refractivity contribution in [2.45, 2.75) is 19.4 Å². The number of benzene rings is 1. The number of carbonyl (C=O) groups is 1. The molecule has 8 heteroatoms. The Morgan fingerprint density at radius 1 is 1.43 bits per heavy atom. The van der Waals surface area contributed by atoms with Crippen LogP contribution in [0.1, 0.15) is 18.7 Å². The lowest BCUT2D eigenvalue weighted by Gasteiger charge is -2.30. The number of rotatable bonds is 4. The summed E-state index contributed by atoms with van der Waals surface area (Å²) in [4.78, 5) is 19.8. The maximum Gasteiger partial charge on any atom is 0.224 e. The molecule has 1 aromatic carbocycles. The number of aromatic amines is 1. The molecule has 1 saturated heterocycles. The van der Waals surface area contributed by atoms with Crippen LogP contribution in [-0.2, 0) is 21.4 Å². The summed E-state index contributed by atoms with van der Waals surface area (Å²) in [5.74, 6) is 0.261. The number of aromatic nitrogens is 2. The molecule has 23 heavy (non-hydrogen) atoms. The molecule has 124 valence electrons. The molecule has 7 nitrogen and oxygen atoms in total. The average Bonchev–Trinajstić information content (AvgIpc) is 2.95. The molecule has 0 bridgehead atoms. The van der Waals surface area contributed by atoms with Gasteiger partial charge in [-0.1, -0.05) is 12.1 Å². The molecule has 2 N–H and O–H groups in total. The molecule has 1 aromatic heterocycles. The van der Waals surface area contributed by atoms with E-state index >= 15 is 0 Å². The summed E-state index contributed by atoms with van der Waals surface area (Å²) in [7, 11) is -3.24. The molecule has 0 aliphatic carbocycles. The largest absolute Gasteiger partial charge is 0.349 e. The Labute approximate surface area is 135 Å². The first-order valence-corrected chi connectivity index (χ1v) is 9.45. The minimum absolute atomic E-state index is 0.126. The van der Waals surface area contributed by atoms with E-state index in [2.05, 4.69) is 15.3 Å². The Bertz CT molecular complexity index is 782. The topological polar surface area (TPSA) is 95.2 Å². The van der Waals surface area contributed by atoms with Crippen molar-refractivity contribution in [2.24, 2.45) is 5.92 Å². The molecule has 1 fully saturated rings. The number of amides is 1. The zero-order valence-electron chi connectivity index (χ0n) is 12.9. The lowest BCUT2D eigenvalue weighted by molar-refractivity contribution is -0.126. The van der Waals surface area contributed by atoms with E-state index in [-0.39, 0.29) is 18.4 Å². The second-order valence-corrected chi connectivity index (χ2v) is 7.86. The van der Waals surface area contributed by atoms with Gasteiger partial charge in [0.2, 0.25) is 15.9 Å². The molecule has 0 radical (unpaired) electrons. The van der Waals surface area contributed by atoms with Crippen molar-refractivity contribution in [3.63, 3.8) is 0 Å². The molecule has 0 spiro atoms. The van der Waals surface area contributed by atoms with Crippen LogP contribution >= 0.6 is 0 Å². The van der Waals surface area contributed by atoms with Gasteiger partial charge in [-0.05, 0) is 25.0 Å². The van der Waals surface area contributed by atoms with Crippen molar-refractivity contribution < 1.29 is 13.2 Å². The molecular weight excluding hydrogens is 316 g/mol.